The van der Waals surface area contributed by atoms with Crippen LogP contribution in [0.25, 0.3) is 0 Å². The maximum Gasteiger partial charge on any atom is 0.0812 e. The molecule has 2 heteroatoms. The lowest BCUT2D eigenvalue weighted by molar-refractivity contribution is -0.0726. The fourth-order valence-electron chi connectivity index (χ4n) is 0.930. The summed E-state index contributed by atoms with van der Waals surface area (Å²) in [5.74, 6) is 0. The van der Waals surface area contributed by atoms with E-state index in [2.05, 4.69) is 12.1 Å². The fraction of sp³-hybridized carbons (Fsp3) is 0.818. The van der Waals surface area contributed by atoms with Crippen molar-refractivity contribution in [1.29, 1.82) is 0 Å². The predicted octanol–water partition coefficient (Wildman–Crippen LogP) is 3.05. The third kappa shape index (κ3) is 11.7. The van der Waals surface area contributed by atoms with E-state index in [1.165, 1.54) is 19.3 Å². The number of rotatable bonds is 7. The van der Waals surface area contributed by atoms with E-state index < -0.39 is 0 Å². The molecule has 13 heavy (non-hydrogen) atoms. The van der Waals surface area contributed by atoms with E-state index in [9.17, 15) is 0 Å². The number of hydroxylamine groups is 1. The predicted molar refractivity (Wildman–Crippen MR) is 57.5 cm³/mol. The Bertz CT molecular complexity index is 127. The summed E-state index contributed by atoms with van der Waals surface area (Å²) in [7, 11) is 0. The Balaban J connectivity index is 3.04. The van der Waals surface area contributed by atoms with Gasteiger partial charge in [0.15, 0.2) is 0 Å². The summed E-state index contributed by atoms with van der Waals surface area (Å²) < 4.78 is 0. The van der Waals surface area contributed by atoms with Crippen LogP contribution in [0.1, 0.15) is 46.5 Å². The SMILES string of the molecule is C=CCCCCCNOC(C)(C)C. The molecule has 0 atom stereocenters. The van der Waals surface area contributed by atoms with Crippen molar-refractivity contribution in [2.45, 2.75) is 52.1 Å². The third-order valence-corrected chi connectivity index (χ3v) is 1.57. The molecule has 0 aromatic carbocycles. The van der Waals surface area contributed by atoms with Crippen molar-refractivity contribution < 1.29 is 4.84 Å². The molecule has 78 valence electrons. The van der Waals surface area contributed by atoms with Crippen molar-refractivity contribution in [3.8, 4) is 0 Å². The summed E-state index contributed by atoms with van der Waals surface area (Å²) in [5, 5.41) is 0. The Kier molecular flexibility index (Phi) is 6.92. The fourth-order valence-corrected chi connectivity index (χ4v) is 0.930. The molecule has 0 aromatic heterocycles. The Labute approximate surface area is 82.3 Å². The van der Waals surface area contributed by atoms with Crippen molar-refractivity contribution in [3.63, 3.8) is 0 Å². The van der Waals surface area contributed by atoms with Gasteiger partial charge < -0.3 is 0 Å². The maximum absolute atomic E-state index is 5.37. The first-order valence-corrected chi connectivity index (χ1v) is 5.08. The van der Waals surface area contributed by atoms with Crippen LogP contribution in [-0.4, -0.2) is 12.1 Å². The molecule has 0 aliphatic rings. The number of unbranched alkanes of at least 4 members (excludes halogenated alkanes) is 3. The second-order valence-corrected chi connectivity index (χ2v) is 4.25. The first-order valence-electron chi connectivity index (χ1n) is 5.08. The van der Waals surface area contributed by atoms with E-state index in [1.807, 2.05) is 26.8 Å². The first-order chi connectivity index (χ1) is 6.06. The van der Waals surface area contributed by atoms with Gasteiger partial charge in [-0.15, -0.1) is 6.58 Å². The molecule has 0 unspecified atom stereocenters. The highest BCUT2D eigenvalue weighted by molar-refractivity contribution is 4.65. The Hall–Kier alpha value is -0.340. The van der Waals surface area contributed by atoms with Crippen LogP contribution in [0.3, 0.4) is 0 Å². The van der Waals surface area contributed by atoms with Gasteiger partial charge in [0.1, 0.15) is 0 Å². The van der Waals surface area contributed by atoms with Crippen molar-refractivity contribution in [3.05, 3.63) is 12.7 Å². The molecular weight excluding hydrogens is 162 g/mol. The molecule has 0 saturated carbocycles. The molecule has 0 radical (unpaired) electrons. The molecule has 0 fully saturated rings. The van der Waals surface area contributed by atoms with E-state index in [0.29, 0.717) is 0 Å². The van der Waals surface area contributed by atoms with Gasteiger partial charge in [-0.2, -0.15) is 0 Å². The molecule has 0 aliphatic heterocycles. The van der Waals surface area contributed by atoms with Gasteiger partial charge in [0.05, 0.1) is 5.60 Å². The normalized spacial score (nSPS) is 11.6. The summed E-state index contributed by atoms with van der Waals surface area (Å²) in [5.41, 5.74) is 2.89. The van der Waals surface area contributed by atoms with Crippen molar-refractivity contribution >= 4 is 0 Å². The third-order valence-electron chi connectivity index (χ3n) is 1.57. The quantitative estimate of drug-likeness (QED) is 0.374. The van der Waals surface area contributed by atoms with Crippen molar-refractivity contribution in [2.24, 2.45) is 0 Å². The molecule has 0 aliphatic carbocycles. The highest BCUT2D eigenvalue weighted by Crippen LogP contribution is 2.04. The van der Waals surface area contributed by atoms with Gasteiger partial charge in [-0.3, -0.25) is 4.84 Å². The molecule has 0 saturated heterocycles. The lowest BCUT2D eigenvalue weighted by Gasteiger charge is -2.19. The molecule has 1 N–H and O–H groups in total. The molecule has 0 amide bonds. The van der Waals surface area contributed by atoms with Crippen molar-refractivity contribution in [2.75, 3.05) is 6.54 Å². The van der Waals surface area contributed by atoms with Crippen LogP contribution in [0.4, 0.5) is 0 Å². The number of hydrogen-bond donors (Lipinski definition) is 1. The van der Waals surface area contributed by atoms with E-state index in [4.69, 9.17) is 4.84 Å². The zero-order valence-electron chi connectivity index (χ0n) is 9.23. The molecule has 2 nitrogen and oxygen atoms in total. The standard InChI is InChI=1S/C11H23NO/c1-5-6-7-8-9-10-12-13-11(2,3)4/h5,12H,1,6-10H2,2-4H3. The number of hydrogen-bond acceptors (Lipinski definition) is 2. The Morgan fingerprint density at radius 1 is 1.23 bits per heavy atom. The Morgan fingerprint density at radius 2 is 1.92 bits per heavy atom. The molecule has 0 aromatic rings. The zero-order chi connectivity index (χ0) is 10.2. The van der Waals surface area contributed by atoms with Crippen LogP contribution in [0, 0.1) is 0 Å². The first kappa shape index (κ1) is 12.7. The highest BCUT2D eigenvalue weighted by Gasteiger charge is 2.08. The summed E-state index contributed by atoms with van der Waals surface area (Å²) in [4.78, 5) is 5.37. The van der Waals surface area contributed by atoms with E-state index in [0.717, 1.165) is 13.0 Å². The minimum atomic E-state index is -0.0822. The molecule has 0 heterocycles. The average Bonchev–Trinajstić information content (AvgIpc) is 2.01. The van der Waals surface area contributed by atoms with Gasteiger partial charge in [0.2, 0.25) is 0 Å². The van der Waals surface area contributed by atoms with Gasteiger partial charge >= 0.3 is 0 Å². The van der Waals surface area contributed by atoms with Crippen LogP contribution in [0.2, 0.25) is 0 Å². The van der Waals surface area contributed by atoms with Gasteiger partial charge in [-0.1, -0.05) is 12.5 Å². The smallest absolute Gasteiger partial charge is 0.0812 e. The summed E-state index contributed by atoms with van der Waals surface area (Å²) in [6.07, 6.45) is 6.75. The highest BCUT2D eigenvalue weighted by atomic mass is 16.7. The zero-order valence-corrected chi connectivity index (χ0v) is 9.23. The van der Waals surface area contributed by atoms with Crippen LogP contribution in [0.5, 0.6) is 0 Å². The Morgan fingerprint density at radius 3 is 2.46 bits per heavy atom. The van der Waals surface area contributed by atoms with Gasteiger partial charge in [-0.05, 0) is 40.0 Å². The molecule has 0 spiro atoms. The lowest BCUT2D eigenvalue weighted by atomic mass is 10.2. The van der Waals surface area contributed by atoms with E-state index in [-0.39, 0.29) is 5.60 Å². The molecular formula is C11H23NO. The van der Waals surface area contributed by atoms with E-state index >= 15 is 0 Å². The van der Waals surface area contributed by atoms with Crippen LogP contribution in [-0.2, 0) is 4.84 Å². The molecule has 0 bridgehead atoms. The lowest BCUT2D eigenvalue weighted by Crippen LogP contribution is -2.29. The van der Waals surface area contributed by atoms with Crippen LogP contribution in [0.15, 0.2) is 12.7 Å². The minimum Gasteiger partial charge on any atom is -0.296 e. The summed E-state index contributed by atoms with van der Waals surface area (Å²) in [6.45, 7) is 10.7. The van der Waals surface area contributed by atoms with Gasteiger partial charge in [0.25, 0.3) is 0 Å². The average molecular weight is 185 g/mol. The van der Waals surface area contributed by atoms with Crippen LogP contribution < -0.4 is 5.48 Å². The van der Waals surface area contributed by atoms with Crippen LogP contribution >= 0.6 is 0 Å². The summed E-state index contributed by atoms with van der Waals surface area (Å²) >= 11 is 0. The second kappa shape index (κ2) is 7.10. The topological polar surface area (TPSA) is 21.3 Å². The molecule has 0 rings (SSSR count). The minimum absolute atomic E-state index is 0.0822. The largest absolute Gasteiger partial charge is 0.296 e. The monoisotopic (exact) mass is 185 g/mol. The number of nitrogens with one attached hydrogen (secondary N) is 1. The summed E-state index contributed by atoms with van der Waals surface area (Å²) in [6, 6.07) is 0. The van der Waals surface area contributed by atoms with Gasteiger partial charge in [0, 0.05) is 6.54 Å². The maximum atomic E-state index is 5.37. The van der Waals surface area contributed by atoms with Crippen molar-refractivity contribution in [1.82, 2.24) is 5.48 Å². The number of allylic oxidation sites excluding steroid dienone is 1. The van der Waals surface area contributed by atoms with Gasteiger partial charge in [-0.25, -0.2) is 5.48 Å². The second-order valence-electron chi connectivity index (χ2n) is 4.25. The van der Waals surface area contributed by atoms with E-state index in [1.54, 1.807) is 0 Å².